The third kappa shape index (κ3) is 6.13. The Morgan fingerprint density at radius 1 is 1.03 bits per heavy atom. The fraction of sp³-hybridized carbons (Fsp3) is 0.333. The van der Waals surface area contributed by atoms with Gasteiger partial charge in [0.15, 0.2) is 0 Å². The number of nitrogens with one attached hydrogen (secondary N) is 1. The highest BCUT2D eigenvalue weighted by Crippen LogP contribution is 2.24. The number of hydrogen-bond acceptors (Lipinski definition) is 4. The lowest BCUT2D eigenvalue weighted by Gasteiger charge is -2.34. The maximum Gasteiger partial charge on any atom is 0.252 e. The molecule has 2 aromatic carbocycles. The number of nitrogens with zero attached hydrogens (tertiary/aromatic N) is 4. The summed E-state index contributed by atoms with van der Waals surface area (Å²) in [7, 11) is 2.17. The van der Waals surface area contributed by atoms with Gasteiger partial charge in [0, 0.05) is 55.1 Å². The van der Waals surface area contributed by atoms with Crippen LogP contribution in [0.5, 0.6) is 0 Å². The van der Waals surface area contributed by atoms with E-state index in [0.717, 1.165) is 55.2 Å². The molecular formula is C30H37N5O. The molecule has 1 N–H and O–H groups in total. The highest BCUT2D eigenvalue weighted by atomic mass is 16.1. The molecule has 1 fully saturated rings. The lowest BCUT2D eigenvalue weighted by molar-refractivity contribution is 0.313. The molecule has 4 rings (SSSR count). The van der Waals surface area contributed by atoms with E-state index in [1.807, 2.05) is 30.3 Å². The zero-order chi connectivity index (χ0) is 25.5. The fourth-order valence-electron chi connectivity index (χ4n) is 4.33. The minimum Gasteiger partial charge on any atom is -0.369 e. The van der Waals surface area contributed by atoms with Gasteiger partial charge in [0.2, 0.25) is 0 Å². The van der Waals surface area contributed by atoms with Crippen molar-refractivity contribution in [3.8, 4) is 0 Å². The molecular weight excluding hydrogens is 446 g/mol. The second kappa shape index (κ2) is 11.9. The van der Waals surface area contributed by atoms with Gasteiger partial charge in [0.05, 0.1) is 6.54 Å². The summed E-state index contributed by atoms with van der Waals surface area (Å²) in [4.78, 5) is 22.8. The summed E-state index contributed by atoms with van der Waals surface area (Å²) in [6.07, 6.45) is 2.68. The minimum absolute atomic E-state index is 0.0803. The number of anilines is 2. The van der Waals surface area contributed by atoms with Gasteiger partial charge >= 0.3 is 0 Å². The lowest BCUT2D eigenvalue weighted by Crippen LogP contribution is -2.44. The van der Waals surface area contributed by atoms with Crippen molar-refractivity contribution in [2.24, 2.45) is 10.9 Å². The number of aromatic nitrogens is 1. The summed E-state index contributed by atoms with van der Waals surface area (Å²) in [5.41, 5.74) is 4.03. The van der Waals surface area contributed by atoms with Crippen LogP contribution in [0.1, 0.15) is 31.4 Å². The Kier molecular flexibility index (Phi) is 8.39. The third-order valence-corrected chi connectivity index (χ3v) is 6.90. The Labute approximate surface area is 214 Å². The van der Waals surface area contributed by atoms with E-state index < -0.39 is 0 Å². The monoisotopic (exact) mass is 483 g/mol. The number of pyridine rings is 1. The zero-order valence-electron chi connectivity index (χ0n) is 21.7. The number of aliphatic imine (C=N–C) groups is 1. The molecule has 1 atom stereocenters. The molecule has 0 amide bonds. The van der Waals surface area contributed by atoms with E-state index in [2.05, 4.69) is 66.9 Å². The van der Waals surface area contributed by atoms with E-state index in [-0.39, 0.29) is 11.5 Å². The van der Waals surface area contributed by atoms with Crippen LogP contribution in [0, 0.1) is 5.92 Å². The van der Waals surface area contributed by atoms with Crippen molar-refractivity contribution in [2.45, 2.75) is 26.8 Å². The molecule has 1 saturated heterocycles. The standard InChI is InChI=1S/C30H37N5O/c1-5-23(3)29(31-26-13-15-27(16-14-26)34-20-18-33(4)19-21-34)32-30-25(6-2)12-17-28(36)35(30)22-24-10-8-7-9-11-24/h6-17,23H,2,5,18-22H2,1,3-4H3,(H,31,32). The van der Waals surface area contributed by atoms with Gasteiger partial charge in [-0.2, -0.15) is 0 Å². The maximum atomic E-state index is 12.9. The smallest absolute Gasteiger partial charge is 0.252 e. The number of piperazine rings is 1. The molecule has 0 radical (unpaired) electrons. The predicted octanol–water partition coefficient (Wildman–Crippen LogP) is 5.48. The number of hydrogen-bond donors (Lipinski definition) is 1. The van der Waals surface area contributed by atoms with Crippen LogP contribution in [0.4, 0.5) is 17.2 Å². The SMILES string of the molecule is C=Cc1ccc(=O)n(Cc2ccccc2)c1N=C(Nc1ccc(N2CCN(C)CC2)cc1)C(C)CC. The normalized spacial score (nSPS) is 15.5. The van der Waals surface area contributed by atoms with Crippen molar-refractivity contribution in [2.75, 3.05) is 43.4 Å². The first kappa shape index (κ1) is 25.5. The van der Waals surface area contributed by atoms with E-state index in [4.69, 9.17) is 4.99 Å². The summed E-state index contributed by atoms with van der Waals surface area (Å²) in [6, 6.07) is 22.0. The molecule has 0 spiro atoms. The van der Waals surface area contributed by atoms with Crippen molar-refractivity contribution >= 4 is 29.1 Å². The van der Waals surface area contributed by atoms with Crippen molar-refractivity contribution in [3.63, 3.8) is 0 Å². The molecule has 6 nitrogen and oxygen atoms in total. The van der Waals surface area contributed by atoms with Gasteiger partial charge in [0.1, 0.15) is 11.7 Å². The lowest BCUT2D eigenvalue weighted by atomic mass is 10.1. The first-order chi connectivity index (χ1) is 17.5. The Balaban J connectivity index is 1.65. The first-order valence-corrected chi connectivity index (χ1v) is 12.8. The van der Waals surface area contributed by atoms with E-state index in [9.17, 15) is 4.79 Å². The van der Waals surface area contributed by atoms with Gasteiger partial charge in [-0.05, 0) is 49.4 Å². The largest absolute Gasteiger partial charge is 0.369 e. The van der Waals surface area contributed by atoms with Crippen molar-refractivity contribution < 1.29 is 0 Å². The number of benzene rings is 2. The molecule has 36 heavy (non-hydrogen) atoms. The molecule has 6 heteroatoms. The van der Waals surface area contributed by atoms with Gasteiger partial charge in [-0.15, -0.1) is 0 Å². The van der Waals surface area contributed by atoms with Crippen LogP contribution in [0.3, 0.4) is 0 Å². The summed E-state index contributed by atoms with van der Waals surface area (Å²) in [5, 5.41) is 3.55. The van der Waals surface area contributed by atoms with Crippen molar-refractivity contribution in [1.29, 1.82) is 0 Å². The first-order valence-electron chi connectivity index (χ1n) is 12.8. The molecule has 188 valence electrons. The quantitative estimate of drug-likeness (QED) is 0.341. The van der Waals surface area contributed by atoms with Gasteiger partial charge in [-0.25, -0.2) is 4.99 Å². The van der Waals surface area contributed by atoms with Crippen LogP contribution < -0.4 is 15.8 Å². The van der Waals surface area contributed by atoms with E-state index in [1.165, 1.54) is 5.69 Å². The highest BCUT2D eigenvalue weighted by molar-refractivity contribution is 5.98. The van der Waals surface area contributed by atoms with Crippen LogP contribution in [0.15, 0.2) is 83.1 Å². The molecule has 3 aromatic rings. The number of rotatable bonds is 8. The third-order valence-electron chi connectivity index (χ3n) is 6.90. The van der Waals surface area contributed by atoms with Crippen LogP contribution in [-0.4, -0.2) is 48.5 Å². The maximum absolute atomic E-state index is 12.9. The average molecular weight is 484 g/mol. The molecule has 1 aromatic heterocycles. The van der Waals surface area contributed by atoms with Gasteiger partial charge in [-0.3, -0.25) is 9.36 Å². The van der Waals surface area contributed by atoms with Crippen molar-refractivity contribution in [3.05, 3.63) is 94.8 Å². The van der Waals surface area contributed by atoms with E-state index >= 15 is 0 Å². The fourth-order valence-corrected chi connectivity index (χ4v) is 4.33. The molecule has 1 unspecified atom stereocenters. The number of likely N-dealkylation sites (N-methyl/N-ethyl adjacent to an activating group) is 1. The Bertz CT molecular complexity index is 1240. The van der Waals surface area contributed by atoms with Gasteiger partial charge in [-0.1, -0.05) is 56.8 Å². The molecule has 0 saturated carbocycles. The highest BCUT2D eigenvalue weighted by Gasteiger charge is 2.16. The second-order valence-electron chi connectivity index (χ2n) is 9.49. The van der Waals surface area contributed by atoms with E-state index in [0.29, 0.717) is 12.4 Å². The Morgan fingerprint density at radius 3 is 2.36 bits per heavy atom. The zero-order valence-corrected chi connectivity index (χ0v) is 21.7. The van der Waals surface area contributed by atoms with Gasteiger partial charge in [0.25, 0.3) is 5.56 Å². The topological polar surface area (TPSA) is 52.9 Å². The molecule has 2 heterocycles. The minimum atomic E-state index is -0.0803. The predicted molar refractivity (Wildman–Crippen MR) is 153 cm³/mol. The summed E-state index contributed by atoms with van der Waals surface area (Å²) in [6.45, 7) is 13.0. The Morgan fingerprint density at radius 2 is 1.72 bits per heavy atom. The summed E-state index contributed by atoms with van der Waals surface area (Å²) < 4.78 is 1.73. The van der Waals surface area contributed by atoms with Crippen molar-refractivity contribution in [1.82, 2.24) is 9.47 Å². The second-order valence-corrected chi connectivity index (χ2v) is 9.49. The summed E-state index contributed by atoms with van der Waals surface area (Å²) in [5.74, 6) is 1.64. The van der Waals surface area contributed by atoms with E-state index in [1.54, 1.807) is 22.8 Å². The molecule has 0 bridgehead atoms. The molecule has 1 aliphatic heterocycles. The number of amidine groups is 1. The Hall–Kier alpha value is -3.64. The van der Waals surface area contributed by atoms with Crippen LogP contribution in [0.25, 0.3) is 6.08 Å². The van der Waals surface area contributed by atoms with Crippen LogP contribution in [-0.2, 0) is 6.54 Å². The van der Waals surface area contributed by atoms with Crippen LogP contribution >= 0.6 is 0 Å². The molecule has 0 aliphatic carbocycles. The molecule has 1 aliphatic rings. The van der Waals surface area contributed by atoms with Gasteiger partial charge < -0.3 is 15.1 Å². The summed E-state index contributed by atoms with van der Waals surface area (Å²) >= 11 is 0. The average Bonchev–Trinajstić information content (AvgIpc) is 2.91. The van der Waals surface area contributed by atoms with Crippen LogP contribution in [0.2, 0.25) is 0 Å².